The third kappa shape index (κ3) is 7.91. The summed E-state index contributed by atoms with van der Waals surface area (Å²) in [5.41, 5.74) is 4.65. The van der Waals surface area contributed by atoms with Gasteiger partial charge in [-0.1, -0.05) is 78.9 Å². The SMILES string of the molecule is COc1ccc(Br)cc1/C=N/Nc1nnc(SCC(=O)Nc2nnc(SCc3cccc(Br)c3)s2)n1N. The predicted octanol–water partition coefficient (Wildman–Crippen LogP) is 4.85. The van der Waals surface area contributed by atoms with Crippen LogP contribution in [0, 0.1) is 0 Å². The number of methoxy groups -OCH3 is 1. The predicted molar refractivity (Wildman–Crippen MR) is 155 cm³/mol. The number of anilines is 2. The number of carbonyl (C=O) groups excluding carboxylic acids is 1. The van der Waals surface area contributed by atoms with E-state index in [0.29, 0.717) is 16.0 Å². The standard InChI is InChI=1S/C21H19Br2N9O2S3/c1-34-16-6-5-15(23)8-13(16)9-25-27-18-28-30-20(32(18)24)35-11-17(33)26-19-29-31-21(37-19)36-10-12-3-2-4-14(22)7-12/h2-9H,10-11,24H2,1H3,(H,27,28)(H,26,29,33)/b25-9+. The maximum absolute atomic E-state index is 12.4. The zero-order chi connectivity index (χ0) is 26.2. The fraction of sp³-hybridized carbons (Fsp3) is 0.143. The Hall–Kier alpha value is -2.66. The molecule has 0 bridgehead atoms. The van der Waals surface area contributed by atoms with E-state index in [-0.39, 0.29) is 17.6 Å². The molecule has 2 aromatic heterocycles. The molecule has 2 heterocycles. The number of nitrogens with zero attached hydrogens (tertiary/aromatic N) is 6. The lowest BCUT2D eigenvalue weighted by Gasteiger charge is -2.05. The number of carbonyl (C=O) groups is 1. The van der Waals surface area contributed by atoms with Crippen molar-refractivity contribution in [2.45, 2.75) is 15.2 Å². The molecule has 11 nitrogen and oxygen atoms in total. The summed E-state index contributed by atoms with van der Waals surface area (Å²) in [6.45, 7) is 0. The minimum absolute atomic E-state index is 0.0634. The summed E-state index contributed by atoms with van der Waals surface area (Å²) in [4.78, 5) is 12.4. The van der Waals surface area contributed by atoms with Crippen LogP contribution in [0.5, 0.6) is 5.75 Å². The number of hydrazone groups is 1. The number of amides is 1. The van der Waals surface area contributed by atoms with Gasteiger partial charge < -0.3 is 10.6 Å². The van der Waals surface area contributed by atoms with Crippen molar-refractivity contribution in [2.75, 3.05) is 29.4 Å². The molecule has 0 atom stereocenters. The third-order valence-electron chi connectivity index (χ3n) is 4.46. The van der Waals surface area contributed by atoms with Crippen LogP contribution in [0.15, 0.2) is 66.0 Å². The van der Waals surface area contributed by atoms with Crippen molar-refractivity contribution in [3.05, 3.63) is 62.5 Å². The summed E-state index contributed by atoms with van der Waals surface area (Å²) in [6, 6.07) is 13.6. The first-order valence-corrected chi connectivity index (χ1v) is 14.7. The molecule has 0 spiro atoms. The van der Waals surface area contributed by atoms with Crippen LogP contribution in [0.2, 0.25) is 0 Å². The van der Waals surface area contributed by atoms with E-state index in [2.05, 4.69) is 74.2 Å². The fourth-order valence-electron chi connectivity index (χ4n) is 2.79. The number of nitrogen functional groups attached to an aromatic ring is 1. The van der Waals surface area contributed by atoms with Crippen molar-refractivity contribution in [1.29, 1.82) is 0 Å². The van der Waals surface area contributed by atoms with Crippen LogP contribution in [0.4, 0.5) is 11.1 Å². The second kappa shape index (κ2) is 13.2. The number of nitrogens with two attached hydrogens (primary N) is 1. The Morgan fingerprint density at radius 1 is 1.16 bits per heavy atom. The molecule has 0 aliphatic heterocycles. The number of rotatable bonds is 11. The molecule has 1 amide bonds. The van der Waals surface area contributed by atoms with Gasteiger partial charge in [-0.3, -0.25) is 10.1 Å². The lowest BCUT2D eigenvalue weighted by Crippen LogP contribution is -2.16. The molecule has 0 aliphatic carbocycles. The quantitative estimate of drug-likeness (QED) is 0.0659. The number of benzene rings is 2. The van der Waals surface area contributed by atoms with E-state index in [9.17, 15) is 4.79 Å². The van der Waals surface area contributed by atoms with Gasteiger partial charge in [-0.25, -0.2) is 10.1 Å². The van der Waals surface area contributed by atoms with E-state index >= 15 is 0 Å². The highest BCUT2D eigenvalue weighted by Crippen LogP contribution is 2.29. The molecular weight excluding hydrogens is 666 g/mol. The largest absolute Gasteiger partial charge is 0.496 e. The van der Waals surface area contributed by atoms with Crippen molar-refractivity contribution in [3.63, 3.8) is 0 Å². The van der Waals surface area contributed by atoms with Gasteiger partial charge in [-0.15, -0.1) is 20.4 Å². The molecular formula is C21H19Br2N9O2S3. The van der Waals surface area contributed by atoms with Crippen LogP contribution in [0.1, 0.15) is 11.1 Å². The van der Waals surface area contributed by atoms with Crippen molar-refractivity contribution >= 4 is 89.9 Å². The smallest absolute Gasteiger partial charge is 0.264 e. The number of hydrogen-bond donors (Lipinski definition) is 3. The minimum atomic E-state index is -0.262. The van der Waals surface area contributed by atoms with Gasteiger partial charge in [0.05, 0.1) is 19.1 Å². The number of aromatic nitrogens is 5. The zero-order valence-corrected chi connectivity index (χ0v) is 24.7. The number of ether oxygens (including phenoxy) is 1. The van der Waals surface area contributed by atoms with E-state index in [4.69, 9.17) is 10.6 Å². The first-order valence-electron chi connectivity index (χ1n) is 10.4. The topological polar surface area (TPSA) is 145 Å². The summed E-state index contributed by atoms with van der Waals surface area (Å²) >= 11 is 10.9. The highest BCUT2D eigenvalue weighted by molar-refractivity contribution is 9.10. The fourth-order valence-corrected chi connectivity index (χ4v) is 5.99. The van der Waals surface area contributed by atoms with E-state index < -0.39 is 0 Å². The lowest BCUT2D eigenvalue weighted by molar-refractivity contribution is -0.113. The van der Waals surface area contributed by atoms with Gasteiger partial charge in [-0.05, 0) is 35.9 Å². The highest BCUT2D eigenvalue weighted by atomic mass is 79.9. The van der Waals surface area contributed by atoms with E-state index in [1.165, 1.54) is 16.0 Å². The molecule has 4 rings (SSSR count). The van der Waals surface area contributed by atoms with E-state index in [1.54, 1.807) is 25.1 Å². The molecule has 2 aromatic carbocycles. The van der Waals surface area contributed by atoms with Crippen LogP contribution < -0.4 is 21.3 Å². The van der Waals surface area contributed by atoms with Gasteiger partial charge in [0, 0.05) is 20.3 Å². The highest BCUT2D eigenvalue weighted by Gasteiger charge is 2.14. The van der Waals surface area contributed by atoms with Crippen molar-refractivity contribution in [2.24, 2.45) is 5.10 Å². The van der Waals surface area contributed by atoms with Gasteiger partial charge in [0.25, 0.3) is 5.95 Å². The van der Waals surface area contributed by atoms with Crippen LogP contribution in [0.3, 0.4) is 0 Å². The Labute approximate surface area is 241 Å². The monoisotopic (exact) mass is 683 g/mol. The third-order valence-corrected chi connectivity index (χ3v) is 8.43. The first-order chi connectivity index (χ1) is 17.9. The molecule has 16 heteroatoms. The molecule has 4 N–H and O–H groups in total. The van der Waals surface area contributed by atoms with Gasteiger partial charge in [-0.2, -0.15) is 5.10 Å². The van der Waals surface area contributed by atoms with Gasteiger partial charge in [0.1, 0.15) is 5.75 Å². The van der Waals surface area contributed by atoms with Crippen LogP contribution in [-0.2, 0) is 10.5 Å². The number of thioether (sulfide) groups is 2. The Kier molecular flexibility index (Phi) is 9.79. The second-order valence-corrected chi connectivity index (χ2v) is 12.0. The maximum atomic E-state index is 12.4. The van der Waals surface area contributed by atoms with E-state index in [1.807, 2.05) is 36.4 Å². The molecule has 0 unspecified atom stereocenters. The minimum Gasteiger partial charge on any atom is -0.496 e. The van der Waals surface area contributed by atoms with Gasteiger partial charge in [0.2, 0.25) is 16.2 Å². The Morgan fingerprint density at radius 2 is 2.00 bits per heavy atom. The summed E-state index contributed by atoms with van der Waals surface area (Å²) in [6.07, 6.45) is 1.58. The number of nitrogens with one attached hydrogen (secondary N) is 2. The van der Waals surface area contributed by atoms with Gasteiger partial charge in [0.15, 0.2) is 4.34 Å². The average Bonchev–Trinajstić information content (AvgIpc) is 3.47. The molecule has 37 heavy (non-hydrogen) atoms. The summed E-state index contributed by atoms with van der Waals surface area (Å²) in [5, 5.41) is 23.8. The van der Waals surface area contributed by atoms with Crippen molar-refractivity contribution in [3.8, 4) is 5.75 Å². The summed E-state index contributed by atoms with van der Waals surface area (Å²) < 4.78 is 9.21. The first kappa shape index (κ1) is 27.4. The summed E-state index contributed by atoms with van der Waals surface area (Å²) in [5.74, 6) is 7.47. The Balaban J connectivity index is 1.25. The zero-order valence-electron chi connectivity index (χ0n) is 19.1. The average molecular weight is 685 g/mol. The van der Waals surface area contributed by atoms with Crippen LogP contribution >= 0.6 is 66.7 Å². The lowest BCUT2D eigenvalue weighted by atomic mass is 10.2. The Bertz CT molecular complexity index is 1410. The maximum Gasteiger partial charge on any atom is 0.264 e. The molecule has 0 radical (unpaired) electrons. The molecule has 192 valence electrons. The molecule has 4 aromatic rings. The normalized spacial score (nSPS) is 11.1. The van der Waals surface area contributed by atoms with Crippen LogP contribution in [-0.4, -0.2) is 50.1 Å². The Morgan fingerprint density at radius 3 is 2.81 bits per heavy atom. The summed E-state index contributed by atoms with van der Waals surface area (Å²) in [7, 11) is 1.58. The second-order valence-electron chi connectivity index (χ2n) is 7.06. The molecule has 0 aliphatic rings. The van der Waals surface area contributed by atoms with Crippen molar-refractivity contribution < 1.29 is 9.53 Å². The number of hydrogen-bond acceptors (Lipinski definition) is 12. The molecule has 0 saturated heterocycles. The van der Waals surface area contributed by atoms with Gasteiger partial charge >= 0.3 is 0 Å². The molecule has 0 saturated carbocycles. The van der Waals surface area contributed by atoms with E-state index in [0.717, 1.165) is 41.9 Å². The number of halogens is 2. The van der Waals surface area contributed by atoms with Crippen LogP contribution in [0.25, 0.3) is 0 Å². The van der Waals surface area contributed by atoms with Crippen molar-refractivity contribution in [1.82, 2.24) is 25.1 Å². The molecule has 0 fully saturated rings.